The number of phenols is 1. The average Bonchev–Trinajstić information content (AvgIpc) is 2.73. The number of aliphatic carboxylic acids is 2. The summed E-state index contributed by atoms with van der Waals surface area (Å²) < 4.78 is 0. The molecule has 0 radical (unpaired) electrons. The number of amides is 4. The molecule has 0 fully saturated rings. The zero-order valence-corrected chi connectivity index (χ0v) is 18.2. The molecule has 14 heteroatoms. The maximum atomic E-state index is 12.5. The summed E-state index contributed by atoms with van der Waals surface area (Å²) in [6, 6.07) is -0.0161. The maximum Gasteiger partial charge on any atom is 0.326 e. The molecule has 0 spiro atoms. The standard InChI is InChI=1S/C20H27N5O9/c1-9(17(30)25-14(20(33)34)6-10-2-4-11(26)5-3-10)23-19(32)13(8-15(22)27)24-18(31)12(21)7-16(28)29/h2-5,9,12-14,26H,6-8,21H2,1H3,(H2,22,27)(H,23,32)(H,24,31)(H,25,30)(H,28,29)(H,33,34). The minimum atomic E-state index is -1.55. The number of benzene rings is 1. The zero-order valence-electron chi connectivity index (χ0n) is 18.2. The van der Waals surface area contributed by atoms with Crippen LogP contribution >= 0.6 is 0 Å². The second-order valence-electron chi connectivity index (χ2n) is 7.44. The number of carboxylic acids is 2. The highest BCUT2D eigenvalue weighted by molar-refractivity contribution is 5.96. The molecule has 1 aromatic rings. The highest BCUT2D eigenvalue weighted by atomic mass is 16.4. The topological polar surface area (TPSA) is 251 Å². The number of hydrogen-bond acceptors (Lipinski definition) is 8. The Kier molecular flexibility index (Phi) is 10.4. The first-order valence-corrected chi connectivity index (χ1v) is 9.97. The molecule has 0 aromatic heterocycles. The molecule has 0 heterocycles. The predicted molar refractivity (Wildman–Crippen MR) is 115 cm³/mol. The van der Waals surface area contributed by atoms with Gasteiger partial charge in [0.1, 0.15) is 23.9 Å². The summed E-state index contributed by atoms with van der Waals surface area (Å²) in [5.41, 5.74) is 11.0. The highest BCUT2D eigenvalue weighted by Gasteiger charge is 2.29. The van der Waals surface area contributed by atoms with Crippen molar-refractivity contribution in [3.8, 4) is 5.75 Å². The lowest BCUT2D eigenvalue weighted by molar-refractivity contribution is -0.142. The number of phenolic OH excluding ortho intramolecular Hbond substituents is 1. The van der Waals surface area contributed by atoms with Crippen molar-refractivity contribution in [1.82, 2.24) is 16.0 Å². The Morgan fingerprint density at radius 3 is 1.91 bits per heavy atom. The van der Waals surface area contributed by atoms with Crippen LogP contribution in [0.5, 0.6) is 5.75 Å². The third kappa shape index (κ3) is 9.52. The lowest BCUT2D eigenvalue weighted by Gasteiger charge is -2.22. The first-order chi connectivity index (χ1) is 15.8. The molecule has 1 aromatic carbocycles. The Morgan fingerprint density at radius 2 is 1.41 bits per heavy atom. The summed E-state index contributed by atoms with van der Waals surface area (Å²) in [5.74, 6) is -6.58. The van der Waals surface area contributed by atoms with Gasteiger partial charge in [-0.2, -0.15) is 0 Å². The minimum absolute atomic E-state index is 0.0162. The number of aromatic hydroxyl groups is 1. The largest absolute Gasteiger partial charge is 0.508 e. The summed E-state index contributed by atoms with van der Waals surface area (Å²) >= 11 is 0. The van der Waals surface area contributed by atoms with Crippen molar-refractivity contribution in [1.29, 1.82) is 0 Å². The maximum absolute atomic E-state index is 12.5. The van der Waals surface area contributed by atoms with E-state index in [4.69, 9.17) is 16.6 Å². The molecule has 186 valence electrons. The summed E-state index contributed by atoms with van der Waals surface area (Å²) in [6.07, 6.45) is -1.50. The van der Waals surface area contributed by atoms with Crippen LogP contribution in [-0.2, 0) is 35.2 Å². The molecular formula is C20H27N5O9. The van der Waals surface area contributed by atoms with Gasteiger partial charge < -0.3 is 42.7 Å². The number of carboxylic acid groups (broad SMARTS) is 2. The third-order valence-electron chi connectivity index (χ3n) is 4.51. The van der Waals surface area contributed by atoms with Gasteiger partial charge in [-0.25, -0.2) is 4.79 Å². The monoisotopic (exact) mass is 481 g/mol. The van der Waals surface area contributed by atoms with E-state index >= 15 is 0 Å². The van der Waals surface area contributed by atoms with Crippen molar-refractivity contribution in [3.05, 3.63) is 29.8 Å². The first-order valence-electron chi connectivity index (χ1n) is 9.97. The van der Waals surface area contributed by atoms with E-state index in [1.165, 1.54) is 31.2 Å². The molecule has 4 unspecified atom stereocenters. The molecule has 4 amide bonds. The lowest BCUT2D eigenvalue weighted by atomic mass is 10.1. The SMILES string of the molecule is CC(NC(=O)C(CC(N)=O)NC(=O)C(N)CC(=O)O)C(=O)NC(Cc1ccc(O)cc1)C(=O)O. The van der Waals surface area contributed by atoms with E-state index in [1.54, 1.807) is 0 Å². The van der Waals surface area contributed by atoms with Gasteiger partial charge in [0, 0.05) is 6.42 Å². The van der Waals surface area contributed by atoms with Crippen molar-refractivity contribution in [2.24, 2.45) is 11.5 Å². The van der Waals surface area contributed by atoms with Crippen LogP contribution in [0.4, 0.5) is 0 Å². The zero-order chi connectivity index (χ0) is 26.0. The fraction of sp³-hybridized carbons (Fsp3) is 0.400. The first kappa shape index (κ1) is 27.8. The molecule has 1 rings (SSSR count). The molecule has 0 saturated heterocycles. The van der Waals surface area contributed by atoms with Crippen molar-refractivity contribution in [2.75, 3.05) is 0 Å². The molecule has 0 aliphatic heterocycles. The van der Waals surface area contributed by atoms with E-state index in [0.717, 1.165) is 0 Å². The smallest absolute Gasteiger partial charge is 0.326 e. The number of carbonyl (C=O) groups excluding carboxylic acids is 4. The molecular weight excluding hydrogens is 454 g/mol. The summed E-state index contributed by atoms with van der Waals surface area (Å²) in [7, 11) is 0. The van der Waals surface area contributed by atoms with E-state index in [1.807, 2.05) is 0 Å². The molecule has 0 saturated carbocycles. The van der Waals surface area contributed by atoms with Crippen LogP contribution in [0.1, 0.15) is 25.3 Å². The molecule has 34 heavy (non-hydrogen) atoms. The van der Waals surface area contributed by atoms with Gasteiger partial charge in [0.05, 0.1) is 18.9 Å². The molecule has 14 nitrogen and oxygen atoms in total. The van der Waals surface area contributed by atoms with Gasteiger partial charge in [0.15, 0.2) is 0 Å². The number of rotatable bonds is 13. The van der Waals surface area contributed by atoms with Crippen molar-refractivity contribution < 1.29 is 44.1 Å². The van der Waals surface area contributed by atoms with Gasteiger partial charge in [-0.3, -0.25) is 24.0 Å². The van der Waals surface area contributed by atoms with Gasteiger partial charge in [0.25, 0.3) is 0 Å². The van der Waals surface area contributed by atoms with E-state index in [9.17, 15) is 39.0 Å². The van der Waals surface area contributed by atoms with Crippen LogP contribution in [0.15, 0.2) is 24.3 Å². The van der Waals surface area contributed by atoms with E-state index in [0.29, 0.717) is 5.56 Å². The number of nitrogens with two attached hydrogens (primary N) is 2. The lowest BCUT2D eigenvalue weighted by Crippen LogP contribution is -2.57. The summed E-state index contributed by atoms with van der Waals surface area (Å²) in [5, 5.41) is 34.0. The molecule has 0 aliphatic rings. The van der Waals surface area contributed by atoms with E-state index in [-0.39, 0.29) is 12.2 Å². The van der Waals surface area contributed by atoms with Gasteiger partial charge in [0.2, 0.25) is 23.6 Å². The van der Waals surface area contributed by atoms with Gasteiger partial charge >= 0.3 is 11.9 Å². The summed E-state index contributed by atoms with van der Waals surface area (Å²) in [4.78, 5) is 70.5. The van der Waals surface area contributed by atoms with Crippen LogP contribution < -0.4 is 27.4 Å². The van der Waals surface area contributed by atoms with Crippen molar-refractivity contribution in [3.63, 3.8) is 0 Å². The molecule has 0 bridgehead atoms. The second-order valence-corrected chi connectivity index (χ2v) is 7.44. The Morgan fingerprint density at radius 1 is 0.853 bits per heavy atom. The third-order valence-corrected chi connectivity index (χ3v) is 4.51. The van der Waals surface area contributed by atoms with Crippen LogP contribution in [-0.4, -0.2) is 75.1 Å². The van der Waals surface area contributed by atoms with Crippen LogP contribution in [0.3, 0.4) is 0 Å². The molecule has 10 N–H and O–H groups in total. The number of carbonyl (C=O) groups is 6. The second kappa shape index (κ2) is 12.7. The fourth-order valence-corrected chi connectivity index (χ4v) is 2.71. The predicted octanol–water partition coefficient (Wildman–Crippen LogP) is -2.83. The van der Waals surface area contributed by atoms with Gasteiger partial charge in [-0.15, -0.1) is 0 Å². The van der Waals surface area contributed by atoms with E-state index in [2.05, 4.69) is 16.0 Å². The molecule has 4 atom stereocenters. The van der Waals surface area contributed by atoms with Gasteiger partial charge in [-0.1, -0.05) is 12.1 Å². The highest BCUT2D eigenvalue weighted by Crippen LogP contribution is 2.11. The number of hydrogen-bond donors (Lipinski definition) is 8. The van der Waals surface area contributed by atoms with Gasteiger partial charge in [-0.05, 0) is 24.6 Å². The normalized spacial score (nSPS) is 14.1. The van der Waals surface area contributed by atoms with Crippen LogP contribution in [0, 0.1) is 0 Å². The van der Waals surface area contributed by atoms with Crippen molar-refractivity contribution in [2.45, 2.75) is 50.4 Å². The quantitative estimate of drug-likeness (QED) is 0.143. The Hall–Kier alpha value is -4.20. The minimum Gasteiger partial charge on any atom is -0.508 e. The molecule has 0 aliphatic carbocycles. The van der Waals surface area contributed by atoms with Crippen LogP contribution in [0.25, 0.3) is 0 Å². The Bertz CT molecular complexity index is 935. The van der Waals surface area contributed by atoms with Crippen LogP contribution in [0.2, 0.25) is 0 Å². The number of primary amides is 1. The average molecular weight is 481 g/mol. The fourth-order valence-electron chi connectivity index (χ4n) is 2.71. The Balaban J connectivity index is 2.81. The van der Waals surface area contributed by atoms with Crippen molar-refractivity contribution >= 4 is 35.6 Å². The Labute approximate surface area is 193 Å². The number of nitrogens with one attached hydrogen (secondary N) is 3. The summed E-state index contributed by atoms with van der Waals surface area (Å²) in [6.45, 7) is 1.24. The van der Waals surface area contributed by atoms with E-state index < -0.39 is 72.6 Å².